The molecule has 0 fully saturated rings. The number of furan rings is 1. The Morgan fingerprint density at radius 3 is 2.44 bits per heavy atom. The number of hydrogen-bond donors (Lipinski definition) is 0. The molecule has 7 rings (SSSR count). The average molecular weight is 469 g/mol. The molecule has 0 N–H and O–H groups in total. The van der Waals surface area contributed by atoms with E-state index in [-0.39, 0.29) is 0 Å². The van der Waals surface area contributed by atoms with Crippen molar-refractivity contribution in [1.82, 2.24) is 4.98 Å². The molecule has 0 bridgehead atoms. The Hall–Kier alpha value is -4.42. The van der Waals surface area contributed by atoms with Crippen LogP contribution in [0.1, 0.15) is 36.0 Å². The van der Waals surface area contributed by atoms with Crippen LogP contribution in [0.4, 0.5) is 0 Å². The fourth-order valence-electron chi connectivity index (χ4n) is 5.33. The van der Waals surface area contributed by atoms with Crippen LogP contribution in [0.5, 0.6) is 0 Å². The molecule has 1 aliphatic rings. The van der Waals surface area contributed by atoms with Crippen LogP contribution < -0.4 is 0 Å². The zero-order chi connectivity index (χ0) is 28.0. The molecule has 0 amide bonds. The van der Waals surface area contributed by atoms with Crippen LogP contribution in [-0.2, 0) is 12.7 Å². The number of hydrogen-bond acceptors (Lipinski definition) is 3. The molecule has 0 radical (unpaired) electrons. The van der Waals surface area contributed by atoms with E-state index in [0.717, 1.165) is 38.4 Å². The van der Waals surface area contributed by atoms with Crippen molar-refractivity contribution in [2.75, 3.05) is 0 Å². The van der Waals surface area contributed by atoms with Gasteiger partial charge in [-0.15, -0.1) is 0 Å². The van der Waals surface area contributed by atoms with Crippen LogP contribution in [0.2, 0.25) is 0 Å². The number of aromatic nitrogens is 1. The smallest absolute Gasteiger partial charge is 0.144 e. The third-order valence-corrected chi connectivity index (χ3v) is 6.89. The first kappa shape index (κ1) is 17.1. The summed E-state index contributed by atoms with van der Waals surface area (Å²) in [5.41, 5.74) is 4.41. The van der Waals surface area contributed by atoms with Crippen molar-refractivity contribution >= 4 is 32.7 Å². The van der Waals surface area contributed by atoms with Gasteiger partial charge in [-0.3, -0.25) is 4.98 Å². The molecule has 1 aliphatic carbocycles. The van der Waals surface area contributed by atoms with E-state index in [0.29, 0.717) is 33.4 Å². The summed E-state index contributed by atoms with van der Waals surface area (Å²) in [6.07, 6.45) is -1.93. The molecule has 0 unspecified atom stereocenters. The standard InChI is InChI=1S/C33H24N2O/c1-33(2)17-24-14-20-9-10-21(15-23(20)16-25(24)18-33)30-22(19-34)11-12-27-26-6-5-7-28(31(26)36-32(27)30)29-8-3-4-13-35-29/h3-16H,17-18H2,1-2H3/i17D2,18D2. The van der Waals surface area contributed by atoms with Crippen molar-refractivity contribution in [2.24, 2.45) is 5.41 Å². The molecular weight excluding hydrogens is 440 g/mol. The van der Waals surface area contributed by atoms with Gasteiger partial charge in [0.05, 0.1) is 17.3 Å². The second kappa shape index (κ2) is 7.54. The van der Waals surface area contributed by atoms with Crippen LogP contribution in [0.15, 0.2) is 89.5 Å². The molecule has 36 heavy (non-hydrogen) atoms. The first-order valence-electron chi connectivity index (χ1n) is 13.9. The van der Waals surface area contributed by atoms with Crippen LogP contribution in [0.3, 0.4) is 0 Å². The van der Waals surface area contributed by atoms with Gasteiger partial charge in [0.2, 0.25) is 0 Å². The van der Waals surface area contributed by atoms with Crippen LogP contribution >= 0.6 is 0 Å². The molecule has 0 atom stereocenters. The monoisotopic (exact) mass is 468 g/mol. The maximum absolute atomic E-state index is 10.1. The lowest BCUT2D eigenvalue weighted by atomic mass is 9.90. The van der Waals surface area contributed by atoms with Gasteiger partial charge in [-0.1, -0.05) is 56.3 Å². The maximum atomic E-state index is 10.1. The molecule has 6 aromatic rings. The van der Waals surface area contributed by atoms with Crippen molar-refractivity contribution in [2.45, 2.75) is 26.6 Å². The van der Waals surface area contributed by atoms with Gasteiger partial charge in [-0.05, 0) is 82.0 Å². The summed E-state index contributed by atoms with van der Waals surface area (Å²) in [5.74, 6) is 0. The molecule has 3 heteroatoms. The second-order valence-electron chi connectivity index (χ2n) is 9.81. The van der Waals surface area contributed by atoms with E-state index in [2.05, 4.69) is 11.1 Å². The van der Waals surface area contributed by atoms with Crippen molar-refractivity contribution in [3.8, 4) is 28.5 Å². The summed E-state index contributed by atoms with van der Waals surface area (Å²) >= 11 is 0. The van der Waals surface area contributed by atoms with Gasteiger partial charge in [0.1, 0.15) is 11.2 Å². The topological polar surface area (TPSA) is 49.8 Å². The minimum absolute atomic E-state index is 0.370. The summed E-state index contributed by atoms with van der Waals surface area (Å²) in [5, 5.41) is 13.5. The average Bonchev–Trinajstić information content (AvgIpc) is 3.38. The summed E-state index contributed by atoms with van der Waals surface area (Å²) < 4.78 is 41.6. The first-order chi connectivity index (χ1) is 19.1. The molecule has 172 valence electrons. The maximum Gasteiger partial charge on any atom is 0.144 e. The summed E-state index contributed by atoms with van der Waals surface area (Å²) in [6.45, 7) is 3.29. The lowest BCUT2D eigenvalue weighted by Crippen LogP contribution is -2.09. The van der Waals surface area contributed by atoms with Gasteiger partial charge in [-0.2, -0.15) is 5.26 Å². The Morgan fingerprint density at radius 1 is 0.861 bits per heavy atom. The highest BCUT2D eigenvalue weighted by atomic mass is 16.3. The predicted molar refractivity (Wildman–Crippen MR) is 146 cm³/mol. The minimum atomic E-state index is -1.85. The Bertz CT molecular complexity index is 2050. The van der Waals surface area contributed by atoms with Gasteiger partial charge in [0.25, 0.3) is 0 Å². The van der Waals surface area contributed by atoms with E-state index in [9.17, 15) is 5.26 Å². The van der Waals surface area contributed by atoms with E-state index < -0.39 is 18.2 Å². The van der Waals surface area contributed by atoms with Crippen molar-refractivity contribution in [3.63, 3.8) is 0 Å². The number of para-hydroxylation sites is 1. The van der Waals surface area contributed by atoms with E-state index in [1.165, 1.54) is 0 Å². The van der Waals surface area contributed by atoms with Gasteiger partial charge in [0.15, 0.2) is 0 Å². The van der Waals surface area contributed by atoms with E-state index in [1.807, 2.05) is 66.7 Å². The molecule has 2 aromatic heterocycles. The highest BCUT2D eigenvalue weighted by Gasteiger charge is 2.28. The summed E-state index contributed by atoms with van der Waals surface area (Å²) in [7, 11) is 0. The number of nitriles is 1. The number of pyridine rings is 1. The number of benzene rings is 4. The Morgan fingerprint density at radius 2 is 1.67 bits per heavy atom. The van der Waals surface area contributed by atoms with Crippen LogP contribution in [0.25, 0.3) is 55.1 Å². The quantitative estimate of drug-likeness (QED) is 0.256. The van der Waals surface area contributed by atoms with Crippen LogP contribution in [0, 0.1) is 16.7 Å². The largest absolute Gasteiger partial charge is 0.455 e. The van der Waals surface area contributed by atoms with Gasteiger partial charge < -0.3 is 4.42 Å². The van der Waals surface area contributed by atoms with Gasteiger partial charge in [0, 0.05) is 33.6 Å². The molecule has 3 nitrogen and oxygen atoms in total. The van der Waals surface area contributed by atoms with Crippen molar-refractivity contribution in [3.05, 3.63) is 102 Å². The molecule has 2 heterocycles. The fraction of sp³-hybridized carbons (Fsp3) is 0.152. The lowest BCUT2D eigenvalue weighted by molar-refractivity contribution is 0.392. The molecule has 0 spiro atoms. The molecule has 0 saturated heterocycles. The Balaban J connectivity index is 1.49. The van der Waals surface area contributed by atoms with E-state index in [1.54, 1.807) is 32.2 Å². The zero-order valence-corrected chi connectivity index (χ0v) is 19.9. The van der Waals surface area contributed by atoms with Gasteiger partial charge in [-0.25, -0.2) is 0 Å². The normalized spacial score (nSPS) is 18.8. The van der Waals surface area contributed by atoms with Crippen molar-refractivity contribution in [1.29, 1.82) is 5.26 Å². The highest BCUT2D eigenvalue weighted by molar-refractivity contribution is 6.14. The molecule has 4 aromatic carbocycles. The predicted octanol–water partition coefficient (Wildman–Crippen LogP) is 8.46. The number of fused-ring (bicyclic) bond motifs is 5. The van der Waals surface area contributed by atoms with Gasteiger partial charge >= 0.3 is 0 Å². The zero-order valence-electron chi connectivity index (χ0n) is 23.9. The first-order valence-corrected chi connectivity index (χ1v) is 11.9. The van der Waals surface area contributed by atoms with Crippen LogP contribution in [-0.4, -0.2) is 4.98 Å². The Kier molecular flexibility index (Phi) is 3.58. The lowest BCUT2D eigenvalue weighted by Gasteiger charge is -2.14. The minimum Gasteiger partial charge on any atom is -0.455 e. The third-order valence-electron chi connectivity index (χ3n) is 6.89. The van der Waals surface area contributed by atoms with Crippen molar-refractivity contribution < 1.29 is 9.90 Å². The molecule has 0 aliphatic heterocycles. The second-order valence-corrected chi connectivity index (χ2v) is 9.81. The molecule has 0 saturated carbocycles. The summed E-state index contributed by atoms with van der Waals surface area (Å²) in [4.78, 5) is 4.51. The SMILES string of the molecule is [2H]C1([2H])c2cc3ccc(-c4c(C#N)ccc5c4oc4c(-c6ccccn6)cccc45)cc3cc2C([2H])([2H])C1(C)C. The number of rotatable bonds is 2. The summed E-state index contributed by atoms with van der Waals surface area (Å²) in [6, 6.07) is 27.0. The highest BCUT2D eigenvalue weighted by Crippen LogP contribution is 2.43. The third kappa shape index (κ3) is 3.15. The Labute approximate surface area is 215 Å². The van der Waals surface area contributed by atoms with E-state index >= 15 is 0 Å². The molecular formula is C33H24N2O. The number of nitrogens with zero attached hydrogens (tertiary/aromatic N) is 2. The fourth-order valence-corrected chi connectivity index (χ4v) is 5.33. The van der Waals surface area contributed by atoms with E-state index in [4.69, 9.17) is 9.90 Å².